The van der Waals surface area contributed by atoms with Crippen molar-refractivity contribution in [3.05, 3.63) is 0 Å². The van der Waals surface area contributed by atoms with Crippen LogP contribution in [-0.4, -0.2) is 142 Å². The number of hydrogen-bond acceptors (Lipinski definition) is 14. The van der Waals surface area contributed by atoms with Gasteiger partial charge in [0.2, 0.25) is 41.4 Å². The van der Waals surface area contributed by atoms with Gasteiger partial charge < -0.3 is 70.2 Å². The monoisotopic (exact) mass is 751 g/mol. The minimum Gasteiger partial charge on any atom is -0.481 e. The van der Waals surface area contributed by atoms with Crippen LogP contribution in [-0.2, 0) is 38.4 Å². The molecule has 0 aliphatic carbocycles. The molecule has 1 saturated heterocycles. The summed E-state index contributed by atoms with van der Waals surface area (Å²) < 4.78 is 0. The van der Waals surface area contributed by atoms with Gasteiger partial charge in [0.1, 0.15) is 36.3 Å². The van der Waals surface area contributed by atoms with Crippen LogP contribution in [0.3, 0.4) is 0 Å². The van der Waals surface area contributed by atoms with E-state index in [1.54, 1.807) is 0 Å². The Morgan fingerprint density at radius 2 is 1.38 bits per heavy atom. The van der Waals surface area contributed by atoms with Crippen molar-refractivity contribution >= 4 is 74.9 Å². The SMILES string of the molecule is C[C@H]1NC(=O)[C@H]([C@@H](C)O)NC(=O)[C@@H](CC(=O)O)NC(=O)[C@H](CO)NC(=O)[C@@H](CCCN=C(N)N)NC(=O)[C@H](N)CSSC[C@H](C(N)=O)NC1=O. The first-order valence-electron chi connectivity index (χ1n) is 15.0. The summed E-state index contributed by atoms with van der Waals surface area (Å²) in [4.78, 5) is 106. The summed E-state index contributed by atoms with van der Waals surface area (Å²) in [7, 11) is 2.08. The second kappa shape index (κ2) is 21.6. The molecule has 0 spiro atoms. The molecule has 1 aliphatic heterocycles. The third kappa shape index (κ3) is 15.4. The van der Waals surface area contributed by atoms with Gasteiger partial charge in [-0.3, -0.25) is 43.3 Å². The van der Waals surface area contributed by atoms with E-state index in [9.17, 15) is 53.7 Å². The number of hydrogen-bond donors (Lipinski definition) is 13. The maximum Gasteiger partial charge on any atom is 0.305 e. The first kappa shape index (κ1) is 43.6. The third-order valence-corrected chi connectivity index (χ3v) is 9.23. The molecule has 0 radical (unpaired) electrons. The number of guanidine groups is 1. The number of carboxylic acids is 1. The summed E-state index contributed by atoms with van der Waals surface area (Å²) in [6.07, 6.45) is -2.56. The number of carbonyl (C=O) groups is 8. The van der Waals surface area contributed by atoms with E-state index in [-0.39, 0.29) is 36.9 Å². The van der Waals surface area contributed by atoms with Crippen LogP contribution in [0.25, 0.3) is 0 Å². The molecule has 17 N–H and O–H groups in total. The van der Waals surface area contributed by atoms with Gasteiger partial charge in [-0.1, -0.05) is 21.6 Å². The molecular formula is C26H45N11O11S2. The summed E-state index contributed by atoms with van der Waals surface area (Å²) in [5, 5.41) is 43.0. The van der Waals surface area contributed by atoms with Crippen molar-refractivity contribution in [2.45, 2.75) is 81.5 Å². The number of carboxylic acid groups (broad SMARTS) is 1. The molecular weight excluding hydrogens is 706 g/mol. The van der Waals surface area contributed by atoms with E-state index in [2.05, 4.69) is 36.9 Å². The van der Waals surface area contributed by atoms with Crippen LogP contribution >= 0.6 is 21.6 Å². The number of amides is 7. The highest BCUT2D eigenvalue weighted by Crippen LogP contribution is 2.22. The fourth-order valence-electron chi connectivity index (χ4n) is 4.01. The lowest BCUT2D eigenvalue weighted by atomic mass is 10.1. The van der Waals surface area contributed by atoms with Crippen LogP contribution in [0.1, 0.15) is 33.1 Å². The number of nitrogens with two attached hydrogens (primary N) is 4. The molecule has 7 amide bonds. The van der Waals surface area contributed by atoms with Crippen molar-refractivity contribution in [3.63, 3.8) is 0 Å². The molecule has 50 heavy (non-hydrogen) atoms. The first-order chi connectivity index (χ1) is 23.4. The second-order valence-electron chi connectivity index (χ2n) is 11.0. The van der Waals surface area contributed by atoms with Crippen LogP contribution < -0.4 is 54.8 Å². The largest absolute Gasteiger partial charge is 0.481 e. The fraction of sp³-hybridized carbons (Fsp3) is 0.654. The summed E-state index contributed by atoms with van der Waals surface area (Å²) in [6, 6.07) is -10.6. The van der Waals surface area contributed by atoms with Gasteiger partial charge in [-0.25, -0.2) is 0 Å². The first-order valence-corrected chi connectivity index (χ1v) is 17.5. The predicted molar refractivity (Wildman–Crippen MR) is 180 cm³/mol. The average molecular weight is 752 g/mol. The van der Waals surface area contributed by atoms with Crippen LogP contribution in [0.15, 0.2) is 4.99 Å². The molecule has 8 atom stereocenters. The molecule has 0 aromatic heterocycles. The van der Waals surface area contributed by atoms with Crippen LogP contribution in [0.5, 0.6) is 0 Å². The standard InChI is InChI=1S/C26H45N11O11S2/c1-10-20(43)36-16(19(28)42)9-50-49-8-12(27)21(44)33-13(4-3-5-31-26(29)30)22(45)35-15(7-38)24(47)34-14(6-17(40)41)23(46)37-18(11(2)39)25(48)32-10/h10-16,18,38-39H,3-9,27H2,1-2H3,(H2,28,42)(H,32,48)(H,33,44)(H,34,47)(H,35,45)(H,36,43)(H,37,46)(H,40,41)(H4,29,30,31)/t10-,11-,12-,13-,14-,15+,16-,18+/m1/s1. The molecule has 1 rings (SSSR count). The Morgan fingerprint density at radius 1 is 0.820 bits per heavy atom. The molecule has 0 unspecified atom stereocenters. The number of primary amides is 1. The van der Waals surface area contributed by atoms with E-state index >= 15 is 0 Å². The quantitative estimate of drug-likeness (QED) is 0.0450. The van der Waals surface area contributed by atoms with E-state index in [1.165, 1.54) is 6.92 Å². The zero-order valence-electron chi connectivity index (χ0n) is 27.2. The maximum absolute atomic E-state index is 13.2. The zero-order valence-corrected chi connectivity index (χ0v) is 28.9. The smallest absolute Gasteiger partial charge is 0.305 e. The lowest BCUT2D eigenvalue weighted by molar-refractivity contribution is -0.142. The van der Waals surface area contributed by atoms with Gasteiger partial charge >= 0.3 is 5.97 Å². The molecule has 0 aromatic carbocycles. The number of carbonyl (C=O) groups excluding carboxylic acids is 7. The molecule has 0 aromatic rings. The van der Waals surface area contributed by atoms with Gasteiger partial charge in [0.05, 0.1) is 25.2 Å². The number of aliphatic hydroxyl groups is 2. The number of aliphatic carboxylic acids is 1. The van der Waals surface area contributed by atoms with Gasteiger partial charge in [0, 0.05) is 18.1 Å². The molecule has 282 valence electrons. The summed E-state index contributed by atoms with van der Waals surface area (Å²) in [5.74, 6) is -9.05. The van der Waals surface area contributed by atoms with Crippen LogP contribution in [0.2, 0.25) is 0 Å². The van der Waals surface area contributed by atoms with Gasteiger partial charge in [0.15, 0.2) is 5.96 Å². The number of aliphatic imine (C=N–C) groups is 1. The molecule has 22 nitrogen and oxygen atoms in total. The third-order valence-electron chi connectivity index (χ3n) is 6.78. The van der Waals surface area contributed by atoms with Crippen molar-refractivity contribution in [1.29, 1.82) is 0 Å². The molecule has 24 heteroatoms. The highest BCUT2D eigenvalue weighted by Gasteiger charge is 2.35. The van der Waals surface area contributed by atoms with Crippen molar-refractivity contribution in [3.8, 4) is 0 Å². The predicted octanol–water partition coefficient (Wildman–Crippen LogP) is -6.98. The Kier molecular flexibility index (Phi) is 18.9. The molecule has 1 aliphatic rings. The summed E-state index contributed by atoms with van der Waals surface area (Å²) in [5.41, 5.74) is 22.1. The minimum atomic E-state index is -1.90. The van der Waals surface area contributed by atoms with Gasteiger partial charge in [0.25, 0.3) is 0 Å². The maximum atomic E-state index is 13.2. The number of aliphatic hydroxyl groups excluding tert-OH is 2. The van der Waals surface area contributed by atoms with E-state index in [0.29, 0.717) is 0 Å². The van der Waals surface area contributed by atoms with E-state index in [1.807, 2.05) is 0 Å². The number of nitrogens with one attached hydrogen (secondary N) is 6. The van der Waals surface area contributed by atoms with Crippen LogP contribution in [0, 0.1) is 0 Å². The number of nitrogens with zero attached hydrogens (tertiary/aromatic N) is 1. The highest BCUT2D eigenvalue weighted by molar-refractivity contribution is 8.76. The lowest BCUT2D eigenvalue weighted by Crippen LogP contribution is -2.62. The van der Waals surface area contributed by atoms with Crippen molar-refractivity contribution in [2.24, 2.45) is 27.9 Å². The normalized spacial score (nSPS) is 27.6. The molecule has 1 fully saturated rings. The van der Waals surface area contributed by atoms with Crippen molar-refractivity contribution in [2.75, 3.05) is 24.7 Å². The van der Waals surface area contributed by atoms with Gasteiger partial charge in [-0.05, 0) is 26.7 Å². The Morgan fingerprint density at radius 3 is 1.94 bits per heavy atom. The summed E-state index contributed by atoms with van der Waals surface area (Å²) >= 11 is 0. The van der Waals surface area contributed by atoms with E-state index in [0.717, 1.165) is 28.5 Å². The van der Waals surface area contributed by atoms with E-state index in [4.69, 9.17) is 22.9 Å². The lowest BCUT2D eigenvalue weighted by Gasteiger charge is -2.27. The Hall–Kier alpha value is -4.39. The molecule has 0 bridgehead atoms. The summed E-state index contributed by atoms with van der Waals surface area (Å²) in [6.45, 7) is 1.36. The fourth-order valence-corrected chi connectivity index (χ4v) is 6.31. The minimum absolute atomic E-state index is 0.0425. The average Bonchev–Trinajstić information content (AvgIpc) is 3.02. The Balaban J connectivity index is 3.47. The van der Waals surface area contributed by atoms with Gasteiger partial charge in [-0.2, -0.15) is 0 Å². The van der Waals surface area contributed by atoms with Crippen molar-refractivity contribution < 1.29 is 53.7 Å². The van der Waals surface area contributed by atoms with Gasteiger partial charge in [-0.15, -0.1) is 0 Å². The topological polar surface area (TPSA) is 386 Å². The number of rotatable bonds is 9. The molecule has 0 saturated carbocycles. The highest BCUT2D eigenvalue weighted by atomic mass is 33.1. The van der Waals surface area contributed by atoms with Crippen LogP contribution in [0.4, 0.5) is 0 Å². The second-order valence-corrected chi connectivity index (χ2v) is 13.6. The molecule has 1 heterocycles. The zero-order chi connectivity index (χ0) is 38.1. The Labute approximate surface area is 294 Å². The van der Waals surface area contributed by atoms with E-state index < -0.39 is 109 Å². The Bertz CT molecular complexity index is 1290. The van der Waals surface area contributed by atoms with Crippen molar-refractivity contribution in [1.82, 2.24) is 31.9 Å².